The molecule has 0 aliphatic rings. The summed E-state index contributed by atoms with van der Waals surface area (Å²) in [7, 11) is 5.92. The van der Waals surface area contributed by atoms with Crippen molar-refractivity contribution in [1.29, 1.82) is 0 Å². The SMILES string of the molecule is COCO[C@H](CO)[C@H](O)c1cc(OC)c(OC)c(OC)c1. The maximum absolute atomic E-state index is 10.3. The molecule has 0 spiro atoms. The predicted octanol–water partition coefficient (Wildman–Crippen LogP) is 0.727. The van der Waals surface area contributed by atoms with Gasteiger partial charge in [0.2, 0.25) is 5.75 Å². The Morgan fingerprint density at radius 2 is 1.57 bits per heavy atom. The molecule has 2 atom stereocenters. The van der Waals surface area contributed by atoms with Gasteiger partial charge in [0.25, 0.3) is 0 Å². The second-order valence-electron chi connectivity index (χ2n) is 4.20. The molecular formula is C14H22O7. The van der Waals surface area contributed by atoms with Crippen LogP contribution < -0.4 is 14.2 Å². The third-order valence-corrected chi connectivity index (χ3v) is 2.96. The van der Waals surface area contributed by atoms with Crippen molar-refractivity contribution in [3.05, 3.63) is 17.7 Å². The largest absolute Gasteiger partial charge is 0.493 e. The van der Waals surface area contributed by atoms with Gasteiger partial charge in [0, 0.05) is 7.11 Å². The van der Waals surface area contributed by atoms with Crippen molar-refractivity contribution in [2.24, 2.45) is 0 Å². The Labute approximate surface area is 124 Å². The van der Waals surface area contributed by atoms with Gasteiger partial charge in [0.15, 0.2) is 11.5 Å². The maximum Gasteiger partial charge on any atom is 0.203 e. The zero-order valence-electron chi connectivity index (χ0n) is 12.7. The molecule has 0 aromatic heterocycles. The number of hydrogen-bond donors (Lipinski definition) is 2. The summed E-state index contributed by atoms with van der Waals surface area (Å²) in [6.45, 7) is -0.395. The molecule has 1 aromatic carbocycles. The number of benzene rings is 1. The van der Waals surface area contributed by atoms with E-state index in [1.54, 1.807) is 12.1 Å². The summed E-state index contributed by atoms with van der Waals surface area (Å²) in [5, 5.41) is 19.6. The zero-order valence-corrected chi connectivity index (χ0v) is 12.7. The smallest absolute Gasteiger partial charge is 0.203 e. The molecule has 2 N–H and O–H groups in total. The van der Waals surface area contributed by atoms with Crippen LogP contribution in [0.25, 0.3) is 0 Å². The van der Waals surface area contributed by atoms with Gasteiger partial charge in [-0.1, -0.05) is 0 Å². The van der Waals surface area contributed by atoms with Crippen molar-refractivity contribution in [1.82, 2.24) is 0 Å². The summed E-state index contributed by atoms with van der Waals surface area (Å²) in [5.74, 6) is 1.25. The fraction of sp³-hybridized carbons (Fsp3) is 0.571. The minimum absolute atomic E-state index is 0.0350. The monoisotopic (exact) mass is 302 g/mol. The van der Waals surface area contributed by atoms with Crippen LogP contribution in [-0.2, 0) is 9.47 Å². The van der Waals surface area contributed by atoms with Gasteiger partial charge in [-0.05, 0) is 17.7 Å². The molecule has 1 rings (SSSR count). The second-order valence-corrected chi connectivity index (χ2v) is 4.20. The van der Waals surface area contributed by atoms with E-state index in [1.807, 2.05) is 0 Å². The van der Waals surface area contributed by atoms with Crippen LogP contribution >= 0.6 is 0 Å². The molecule has 0 unspecified atom stereocenters. The summed E-state index contributed by atoms with van der Waals surface area (Å²) in [6.07, 6.45) is -1.90. The summed E-state index contributed by atoms with van der Waals surface area (Å²) in [5.41, 5.74) is 0.472. The summed E-state index contributed by atoms with van der Waals surface area (Å²) < 4.78 is 25.7. The van der Waals surface area contributed by atoms with Crippen molar-refractivity contribution in [2.45, 2.75) is 12.2 Å². The molecule has 0 saturated carbocycles. The Balaban J connectivity index is 3.10. The van der Waals surface area contributed by atoms with E-state index in [1.165, 1.54) is 28.4 Å². The normalized spacial score (nSPS) is 13.6. The Morgan fingerprint density at radius 3 is 1.95 bits per heavy atom. The van der Waals surface area contributed by atoms with Crippen molar-refractivity contribution < 1.29 is 33.9 Å². The Morgan fingerprint density at radius 1 is 1.00 bits per heavy atom. The average Bonchev–Trinajstić information content (AvgIpc) is 2.53. The van der Waals surface area contributed by atoms with Gasteiger partial charge in [-0.15, -0.1) is 0 Å². The van der Waals surface area contributed by atoms with Gasteiger partial charge in [0.1, 0.15) is 19.0 Å². The lowest BCUT2D eigenvalue weighted by Crippen LogP contribution is -2.27. The number of aliphatic hydroxyl groups is 2. The lowest BCUT2D eigenvalue weighted by molar-refractivity contribution is -0.128. The third-order valence-electron chi connectivity index (χ3n) is 2.96. The highest BCUT2D eigenvalue weighted by atomic mass is 16.7. The van der Waals surface area contributed by atoms with Crippen LogP contribution in [0.4, 0.5) is 0 Å². The highest BCUT2D eigenvalue weighted by molar-refractivity contribution is 5.54. The lowest BCUT2D eigenvalue weighted by Gasteiger charge is -2.23. The van der Waals surface area contributed by atoms with Crippen molar-refractivity contribution in [2.75, 3.05) is 41.8 Å². The number of rotatable bonds is 9. The van der Waals surface area contributed by atoms with Gasteiger partial charge in [-0.2, -0.15) is 0 Å². The Hall–Kier alpha value is -1.54. The molecule has 7 heteroatoms. The fourth-order valence-electron chi connectivity index (χ4n) is 1.89. The second kappa shape index (κ2) is 8.68. The molecule has 21 heavy (non-hydrogen) atoms. The van der Waals surface area contributed by atoms with Crippen LogP contribution in [-0.4, -0.2) is 58.2 Å². The topological polar surface area (TPSA) is 86.6 Å². The van der Waals surface area contributed by atoms with E-state index in [4.69, 9.17) is 23.7 Å². The van der Waals surface area contributed by atoms with Gasteiger partial charge in [0.05, 0.1) is 27.9 Å². The van der Waals surface area contributed by atoms with E-state index in [2.05, 4.69) is 0 Å². The number of ether oxygens (including phenoxy) is 5. The molecule has 1 aromatic rings. The molecule has 0 heterocycles. The molecule has 0 aliphatic heterocycles. The van der Waals surface area contributed by atoms with Crippen molar-refractivity contribution >= 4 is 0 Å². The molecule has 0 bridgehead atoms. The van der Waals surface area contributed by atoms with E-state index < -0.39 is 12.2 Å². The Kier molecular flexibility index (Phi) is 7.24. The van der Waals surface area contributed by atoms with Gasteiger partial charge >= 0.3 is 0 Å². The fourth-order valence-corrected chi connectivity index (χ4v) is 1.89. The first-order chi connectivity index (χ1) is 10.1. The quantitative estimate of drug-likeness (QED) is 0.650. The summed E-state index contributed by atoms with van der Waals surface area (Å²) in [4.78, 5) is 0. The lowest BCUT2D eigenvalue weighted by atomic mass is 10.0. The zero-order chi connectivity index (χ0) is 15.8. The van der Waals surface area contributed by atoms with Crippen LogP contribution in [0.5, 0.6) is 17.2 Å². The highest BCUT2D eigenvalue weighted by Crippen LogP contribution is 2.40. The molecular weight excluding hydrogens is 280 g/mol. The van der Waals surface area contributed by atoms with Gasteiger partial charge in [-0.25, -0.2) is 0 Å². The standard InChI is InChI=1S/C14H22O7/c1-17-8-21-12(7-15)13(16)9-5-10(18-2)14(20-4)11(6-9)19-3/h5-6,12-13,15-16H,7-8H2,1-4H3/t12-,13-/m1/s1. The van der Waals surface area contributed by atoms with Crippen LogP contribution in [0, 0.1) is 0 Å². The van der Waals surface area contributed by atoms with Crippen molar-refractivity contribution in [3.63, 3.8) is 0 Å². The number of hydrogen-bond acceptors (Lipinski definition) is 7. The van der Waals surface area contributed by atoms with Crippen LogP contribution in [0.1, 0.15) is 11.7 Å². The van der Waals surface area contributed by atoms with E-state index in [-0.39, 0.29) is 13.4 Å². The van der Waals surface area contributed by atoms with E-state index in [9.17, 15) is 10.2 Å². The maximum atomic E-state index is 10.3. The first-order valence-corrected chi connectivity index (χ1v) is 6.32. The van der Waals surface area contributed by atoms with Crippen LogP contribution in [0.15, 0.2) is 12.1 Å². The van der Waals surface area contributed by atoms with Gasteiger partial charge in [-0.3, -0.25) is 0 Å². The molecule has 0 fully saturated rings. The van der Waals surface area contributed by atoms with E-state index in [0.717, 1.165) is 0 Å². The minimum Gasteiger partial charge on any atom is -0.493 e. The van der Waals surface area contributed by atoms with E-state index in [0.29, 0.717) is 22.8 Å². The predicted molar refractivity (Wildman–Crippen MR) is 74.9 cm³/mol. The highest BCUT2D eigenvalue weighted by Gasteiger charge is 2.24. The van der Waals surface area contributed by atoms with Crippen LogP contribution in [0.3, 0.4) is 0 Å². The van der Waals surface area contributed by atoms with Gasteiger partial charge < -0.3 is 33.9 Å². The average molecular weight is 302 g/mol. The van der Waals surface area contributed by atoms with E-state index >= 15 is 0 Å². The Bertz CT molecular complexity index is 410. The molecule has 0 radical (unpaired) electrons. The molecule has 120 valence electrons. The first-order valence-electron chi connectivity index (χ1n) is 6.32. The van der Waals surface area contributed by atoms with Crippen molar-refractivity contribution in [3.8, 4) is 17.2 Å². The molecule has 0 aliphatic carbocycles. The number of aliphatic hydroxyl groups excluding tert-OH is 2. The first kappa shape index (κ1) is 17.5. The summed E-state index contributed by atoms with van der Waals surface area (Å²) >= 11 is 0. The third kappa shape index (κ3) is 4.21. The molecule has 7 nitrogen and oxygen atoms in total. The summed E-state index contributed by atoms with van der Waals surface area (Å²) in [6, 6.07) is 3.20. The van der Waals surface area contributed by atoms with Crippen LogP contribution in [0.2, 0.25) is 0 Å². The molecule has 0 saturated heterocycles. The number of methoxy groups -OCH3 is 4. The minimum atomic E-state index is -1.07. The molecule has 0 amide bonds.